The molecule has 0 unspecified atom stereocenters. The monoisotopic (exact) mass is 662 g/mol. The maximum Gasteiger partial charge on any atom is 0.397 e. The van der Waals surface area contributed by atoms with Gasteiger partial charge in [-0.1, -0.05) is 64.7 Å². The molecule has 0 amide bonds. The minimum atomic E-state index is -4.42. The van der Waals surface area contributed by atoms with E-state index in [0.29, 0.717) is 99.1 Å². The first-order valence-electron chi connectivity index (χ1n) is 16.4. The van der Waals surface area contributed by atoms with Gasteiger partial charge in [-0.05, 0) is 6.42 Å². The van der Waals surface area contributed by atoms with E-state index in [0.717, 1.165) is 13.0 Å². The molecule has 0 atom stereocenters. The normalized spacial score (nSPS) is 12.0. The van der Waals surface area contributed by atoms with Crippen molar-refractivity contribution in [3.05, 3.63) is 0 Å². The molecule has 0 aromatic rings. The van der Waals surface area contributed by atoms with E-state index in [1.165, 1.54) is 57.8 Å². The van der Waals surface area contributed by atoms with Gasteiger partial charge in [0.15, 0.2) is 0 Å². The van der Waals surface area contributed by atoms with Crippen molar-refractivity contribution in [3.63, 3.8) is 0 Å². The Bertz CT molecular complexity index is 640. The van der Waals surface area contributed by atoms with Gasteiger partial charge >= 0.3 is 10.4 Å². The Morgan fingerprint density at radius 2 is 0.568 bits per heavy atom. The van der Waals surface area contributed by atoms with E-state index < -0.39 is 10.4 Å². The summed E-state index contributed by atoms with van der Waals surface area (Å²) in [5.41, 5.74) is 0. The molecular formula is C30H62O13S. The van der Waals surface area contributed by atoms with Crippen molar-refractivity contribution in [1.82, 2.24) is 0 Å². The predicted octanol–water partition coefficient (Wildman–Crippen LogP) is 3.88. The maximum absolute atomic E-state index is 10.3. The van der Waals surface area contributed by atoms with E-state index in [1.54, 1.807) is 0 Å². The number of rotatable bonds is 39. The number of hydrogen-bond donors (Lipinski definition) is 1. The maximum atomic E-state index is 10.3. The summed E-state index contributed by atoms with van der Waals surface area (Å²) < 4.78 is 81.9. The molecule has 0 spiro atoms. The Kier molecular flexibility index (Phi) is 36.6. The van der Waals surface area contributed by atoms with Crippen molar-refractivity contribution in [2.75, 3.05) is 126 Å². The highest BCUT2D eigenvalue weighted by Crippen LogP contribution is 2.10. The minimum Gasteiger partial charge on any atom is -0.379 e. The van der Waals surface area contributed by atoms with Crippen LogP contribution in [0.3, 0.4) is 0 Å². The molecule has 266 valence electrons. The van der Waals surface area contributed by atoms with Crippen LogP contribution < -0.4 is 0 Å². The summed E-state index contributed by atoms with van der Waals surface area (Å²) in [5.74, 6) is 0. The highest BCUT2D eigenvalue weighted by atomic mass is 32.3. The van der Waals surface area contributed by atoms with E-state index >= 15 is 0 Å². The third-order valence-electron chi connectivity index (χ3n) is 6.08. The lowest BCUT2D eigenvalue weighted by Gasteiger charge is -2.09. The van der Waals surface area contributed by atoms with Crippen molar-refractivity contribution in [1.29, 1.82) is 0 Å². The van der Waals surface area contributed by atoms with Gasteiger partial charge in [0, 0.05) is 6.61 Å². The van der Waals surface area contributed by atoms with Crippen LogP contribution in [0.15, 0.2) is 0 Å². The largest absolute Gasteiger partial charge is 0.397 e. The molecule has 44 heavy (non-hydrogen) atoms. The number of ether oxygens (including phenoxy) is 9. The standard InChI is InChI=1S/C30H62O13S/c1-2-3-4-5-6-7-8-9-10-11-12-34-13-14-35-15-16-36-17-18-37-19-20-38-21-22-39-23-24-40-25-26-41-27-28-42-29-30-43-44(31,32)33/h2-30H2,1H3,(H,31,32,33). The van der Waals surface area contributed by atoms with Crippen molar-refractivity contribution >= 4 is 10.4 Å². The summed E-state index contributed by atoms with van der Waals surface area (Å²) in [6.45, 7) is 10.6. The molecule has 0 aromatic carbocycles. The molecule has 0 saturated carbocycles. The molecule has 1 N–H and O–H groups in total. The average Bonchev–Trinajstić information content (AvgIpc) is 3.00. The lowest BCUT2D eigenvalue weighted by Crippen LogP contribution is -2.15. The van der Waals surface area contributed by atoms with Crippen molar-refractivity contribution < 1.29 is 59.8 Å². The molecule has 0 rings (SSSR count). The molecule has 0 aliphatic heterocycles. The highest BCUT2D eigenvalue weighted by Gasteiger charge is 2.03. The zero-order valence-electron chi connectivity index (χ0n) is 27.3. The van der Waals surface area contributed by atoms with Gasteiger partial charge in [0.05, 0.1) is 119 Å². The second-order valence-electron chi connectivity index (χ2n) is 9.94. The van der Waals surface area contributed by atoms with Gasteiger partial charge in [-0.3, -0.25) is 4.55 Å². The smallest absolute Gasteiger partial charge is 0.379 e. The predicted molar refractivity (Wildman–Crippen MR) is 167 cm³/mol. The molecular weight excluding hydrogens is 600 g/mol. The SMILES string of the molecule is CCCCCCCCCCCCOCCOCCOCCOCCOCCOCCOCCOCCOCCOS(=O)(=O)O. The van der Waals surface area contributed by atoms with Crippen LogP contribution in [0.2, 0.25) is 0 Å². The lowest BCUT2D eigenvalue weighted by molar-refractivity contribution is -0.0254. The molecule has 13 nitrogen and oxygen atoms in total. The van der Waals surface area contributed by atoms with E-state index in [4.69, 9.17) is 47.2 Å². The summed E-state index contributed by atoms with van der Waals surface area (Å²) in [6, 6.07) is 0. The molecule has 0 bridgehead atoms. The third-order valence-corrected chi connectivity index (χ3v) is 6.54. The van der Waals surface area contributed by atoms with Gasteiger partial charge in [-0.25, -0.2) is 4.18 Å². The second-order valence-corrected chi connectivity index (χ2v) is 11.0. The van der Waals surface area contributed by atoms with Crippen LogP contribution in [0.25, 0.3) is 0 Å². The van der Waals surface area contributed by atoms with E-state index in [-0.39, 0.29) is 19.8 Å². The molecule has 0 radical (unpaired) electrons. The zero-order chi connectivity index (χ0) is 32.1. The van der Waals surface area contributed by atoms with Gasteiger partial charge in [-0.2, -0.15) is 8.42 Å². The molecule has 0 aromatic heterocycles. The van der Waals surface area contributed by atoms with Crippen LogP contribution in [-0.2, 0) is 57.2 Å². The van der Waals surface area contributed by atoms with Crippen LogP contribution in [-0.4, -0.2) is 139 Å². The van der Waals surface area contributed by atoms with Crippen molar-refractivity contribution in [3.8, 4) is 0 Å². The summed E-state index contributed by atoms with van der Waals surface area (Å²) in [4.78, 5) is 0. The van der Waals surface area contributed by atoms with Crippen LogP contribution >= 0.6 is 0 Å². The summed E-state index contributed by atoms with van der Waals surface area (Å²) in [7, 11) is -4.42. The van der Waals surface area contributed by atoms with Gasteiger partial charge < -0.3 is 42.6 Å². The quantitative estimate of drug-likeness (QED) is 0.0751. The number of unbranched alkanes of at least 4 members (excludes halogenated alkanes) is 9. The number of hydrogen-bond acceptors (Lipinski definition) is 12. The molecule has 14 heteroatoms. The van der Waals surface area contributed by atoms with Crippen LogP contribution in [0.1, 0.15) is 71.1 Å². The lowest BCUT2D eigenvalue weighted by atomic mass is 10.1. The van der Waals surface area contributed by atoms with Crippen molar-refractivity contribution in [2.45, 2.75) is 71.1 Å². The fourth-order valence-corrected chi connectivity index (χ4v) is 4.03. The Morgan fingerprint density at radius 1 is 0.341 bits per heavy atom. The molecule has 0 saturated heterocycles. The van der Waals surface area contributed by atoms with Gasteiger partial charge in [0.25, 0.3) is 0 Å². The Hall–Kier alpha value is -0.490. The van der Waals surface area contributed by atoms with E-state index in [9.17, 15) is 8.42 Å². The van der Waals surface area contributed by atoms with Gasteiger partial charge in [0.1, 0.15) is 0 Å². The first-order chi connectivity index (χ1) is 21.6. The van der Waals surface area contributed by atoms with E-state index in [2.05, 4.69) is 11.1 Å². The summed E-state index contributed by atoms with van der Waals surface area (Å²) in [6.07, 6.45) is 13.3. The first kappa shape index (κ1) is 43.5. The highest BCUT2D eigenvalue weighted by molar-refractivity contribution is 7.80. The zero-order valence-corrected chi connectivity index (χ0v) is 28.1. The second kappa shape index (κ2) is 37.0. The van der Waals surface area contributed by atoms with Crippen LogP contribution in [0.4, 0.5) is 0 Å². The molecule has 0 aliphatic rings. The fraction of sp³-hybridized carbons (Fsp3) is 1.00. The van der Waals surface area contributed by atoms with Gasteiger partial charge in [0.2, 0.25) is 0 Å². The summed E-state index contributed by atoms with van der Waals surface area (Å²) in [5, 5.41) is 0. The minimum absolute atomic E-state index is 0.0372. The van der Waals surface area contributed by atoms with Crippen LogP contribution in [0.5, 0.6) is 0 Å². The molecule has 0 aliphatic carbocycles. The third kappa shape index (κ3) is 41.5. The van der Waals surface area contributed by atoms with Crippen molar-refractivity contribution in [2.24, 2.45) is 0 Å². The topological polar surface area (TPSA) is 147 Å². The van der Waals surface area contributed by atoms with Crippen LogP contribution in [0, 0.1) is 0 Å². The Balaban J connectivity index is 3.05. The fourth-order valence-electron chi connectivity index (χ4n) is 3.75. The van der Waals surface area contributed by atoms with Gasteiger partial charge in [-0.15, -0.1) is 0 Å². The summed E-state index contributed by atoms with van der Waals surface area (Å²) >= 11 is 0. The molecule has 0 heterocycles. The Morgan fingerprint density at radius 3 is 0.841 bits per heavy atom. The average molecular weight is 663 g/mol. The van der Waals surface area contributed by atoms with E-state index in [1.807, 2.05) is 0 Å². The molecule has 0 fully saturated rings. The Labute approximate surface area is 266 Å². The first-order valence-corrected chi connectivity index (χ1v) is 17.7.